The summed E-state index contributed by atoms with van der Waals surface area (Å²) in [7, 11) is 0. The van der Waals surface area contributed by atoms with Gasteiger partial charge in [0.15, 0.2) is 0 Å². The molecule has 0 fully saturated rings. The van der Waals surface area contributed by atoms with Gasteiger partial charge in [0.2, 0.25) is 5.91 Å². The lowest BCUT2D eigenvalue weighted by molar-refractivity contribution is -0.116. The summed E-state index contributed by atoms with van der Waals surface area (Å²) in [5.41, 5.74) is 1.82. The van der Waals surface area contributed by atoms with Crippen LogP contribution in [-0.2, 0) is 9.59 Å². The molecule has 9 heteroatoms. The summed E-state index contributed by atoms with van der Waals surface area (Å²) in [5.74, 6) is -0.936. The van der Waals surface area contributed by atoms with Crippen molar-refractivity contribution in [2.45, 2.75) is 23.5 Å². The first kappa shape index (κ1) is 26.8. The first-order chi connectivity index (χ1) is 18.5. The number of anilines is 2. The Hall–Kier alpha value is -4.21. The number of carbonyl (C=O) groups is 3. The molecule has 2 aromatic carbocycles. The van der Waals surface area contributed by atoms with Crippen molar-refractivity contribution in [3.63, 3.8) is 0 Å². The number of carbonyl (C=O) groups excluding carboxylic acids is 3. The van der Waals surface area contributed by atoms with E-state index < -0.39 is 5.91 Å². The van der Waals surface area contributed by atoms with Gasteiger partial charge in [0.05, 0.1) is 5.25 Å². The Morgan fingerprint density at radius 1 is 0.921 bits per heavy atom. The van der Waals surface area contributed by atoms with Crippen LogP contribution in [0.5, 0.6) is 0 Å². The lowest BCUT2D eigenvalue weighted by atomic mass is 10.2. The second-order valence-corrected chi connectivity index (χ2v) is 10.4. The van der Waals surface area contributed by atoms with Crippen molar-refractivity contribution in [1.29, 1.82) is 0 Å². The minimum absolute atomic E-state index is 0.108. The lowest BCUT2D eigenvalue weighted by Crippen LogP contribution is -2.30. The lowest BCUT2D eigenvalue weighted by Gasteiger charge is -2.16. The number of thioether (sulfide) groups is 1. The molecule has 7 nitrogen and oxygen atoms in total. The average Bonchev–Trinajstić information content (AvgIpc) is 3.46. The zero-order valence-corrected chi connectivity index (χ0v) is 22.2. The largest absolute Gasteiger partial charge is 0.325 e. The van der Waals surface area contributed by atoms with E-state index in [9.17, 15) is 14.4 Å². The van der Waals surface area contributed by atoms with Crippen molar-refractivity contribution in [1.82, 2.24) is 10.3 Å². The topological polar surface area (TPSA) is 100 Å². The van der Waals surface area contributed by atoms with Gasteiger partial charge in [-0.05, 0) is 66.4 Å². The van der Waals surface area contributed by atoms with Crippen LogP contribution in [0.3, 0.4) is 0 Å². The second kappa shape index (κ2) is 13.4. The molecule has 1 atom stereocenters. The predicted octanol–water partition coefficient (Wildman–Crippen LogP) is 6.06. The molecule has 38 heavy (non-hydrogen) atoms. The monoisotopic (exact) mass is 542 g/mol. The molecule has 0 aliphatic rings. The zero-order valence-electron chi connectivity index (χ0n) is 20.6. The molecule has 1 unspecified atom stereocenters. The normalized spacial score (nSPS) is 11.9. The number of amides is 3. The number of hydrogen-bond acceptors (Lipinski definition) is 6. The number of aromatic nitrogens is 1. The quantitative estimate of drug-likeness (QED) is 0.167. The standard InChI is InChI=1S/C29H26N4O3S2/c1-2-26(29(36)31-21-13-15-30-16-14-21)38-24-11-6-10-22(18-24)32-28(35)25(19-23-12-7-17-37-23)33-27(34)20-8-4-3-5-9-20/h3-19,26H,2H2,1H3,(H,32,35)(H,33,34)(H,30,31,36)/b25-19-. The summed E-state index contributed by atoms with van der Waals surface area (Å²) in [5, 5.41) is 10.1. The molecular formula is C29H26N4O3S2. The van der Waals surface area contributed by atoms with Crippen LogP contribution >= 0.6 is 23.1 Å². The van der Waals surface area contributed by atoms with Crippen LogP contribution in [0.4, 0.5) is 11.4 Å². The van der Waals surface area contributed by atoms with Gasteiger partial charge in [0.25, 0.3) is 11.8 Å². The Bertz CT molecular complexity index is 1410. The van der Waals surface area contributed by atoms with Crippen molar-refractivity contribution in [3.05, 3.63) is 113 Å². The van der Waals surface area contributed by atoms with E-state index in [0.717, 1.165) is 9.77 Å². The first-order valence-electron chi connectivity index (χ1n) is 11.9. The van der Waals surface area contributed by atoms with Gasteiger partial charge in [0, 0.05) is 39.1 Å². The highest BCUT2D eigenvalue weighted by Crippen LogP contribution is 2.29. The molecule has 0 saturated carbocycles. The second-order valence-electron chi connectivity index (χ2n) is 8.12. The van der Waals surface area contributed by atoms with Crippen LogP contribution < -0.4 is 16.0 Å². The molecule has 0 bridgehead atoms. The van der Waals surface area contributed by atoms with Gasteiger partial charge in [-0.2, -0.15) is 0 Å². The molecule has 192 valence electrons. The fourth-order valence-corrected chi connectivity index (χ4v) is 5.12. The Labute approximate surface area is 229 Å². The summed E-state index contributed by atoms with van der Waals surface area (Å²) >= 11 is 2.88. The van der Waals surface area contributed by atoms with E-state index >= 15 is 0 Å². The van der Waals surface area contributed by atoms with Gasteiger partial charge in [-0.3, -0.25) is 19.4 Å². The molecule has 0 aliphatic heterocycles. The maximum absolute atomic E-state index is 13.2. The van der Waals surface area contributed by atoms with Crippen molar-refractivity contribution >= 4 is 58.3 Å². The third kappa shape index (κ3) is 7.64. The molecule has 4 aromatic rings. The summed E-state index contributed by atoms with van der Waals surface area (Å²) < 4.78 is 0. The average molecular weight is 543 g/mol. The summed E-state index contributed by atoms with van der Waals surface area (Å²) in [4.78, 5) is 44.4. The molecule has 0 saturated heterocycles. The van der Waals surface area contributed by atoms with Gasteiger partial charge in [-0.25, -0.2) is 0 Å². The van der Waals surface area contributed by atoms with E-state index in [4.69, 9.17) is 0 Å². The summed E-state index contributed by atoms with van der Waals surface area (Å²) in [6, 6.07) is 23.2. The number of thiophene rings is 1. The summed E-state index contributed by atoms with van der Waals surface area (Å²) in [6.07, 6.45) is 5.52. The Morgan fingerprint density at radius 2 is 1.71 bits per heavy atom. The van der Waals surface area contributed by atoms with E-state index in [1.165, 1.54) is 23.1 Å². The van der Waals surface area contributed by atoms with Gasteiger partial charge < -0.3 is 16.0 Å². The highest BCUT2D eigenvalue weighted by molar-refractivity contribution is 8.00. The number of benzene rings is 2. The van der Waals surface area contributed by atoms with Gasteiger partial charge >= 0.3 is 0 Å². The fourth-order valence-electron chi connectivity index (χ4n) is 3.45. The molecule has 2 heterocycles. The minimum atomic E-state index is -0.452. The Morgan fingerprint density at radius 3 is 2.42 bits per heavy atom. The highest BCUT2D eigenvalue weighted by atomic mass is 32.2. The van der Waals surface area contributed by atoms with Gasteiger partial charge in [-0.1, -0.05) is 37.3 Å². The van der Waals surface area contributed by atoms with Crippen LogP contribution in [0.2, 0.25) is 0 Å². The van der Waals surface area contributed by atoms with E-state index in [2.05, 4.69) is 20.9 Å². The van der Waals surface area contributed by atoms with Crippen LogP contribution in [0.15, 0.2) is 107 Å². The fraction of sp³-hybridized carbons (Fsp3) is 0.103. The van der Waals surface area contributed by atoms with Crippen LogP contribution in [0.1, 0.15) is 28.6 Å². The smallest absolute Gasteiger partial charge is 0.272 e. The molecular weight excluding hydrogens is 516 g/mol. The minimum Gasteiger partial charge on any atom is -0.325 e. The number of hydrogen-bond donors (Lipinski definition) is 3. The maximum Gasteiger partial charge on any atom is 0.272 e. The molecule has 0 aliphatic carbocycles. The third-order valence-corrected chi connectivity index (χ3v) is 7.52. The number of rotatable bonds is 10. The van der Waals surface area contributed by atoms with Crippen LogP contribution in [-0.4, -0.2) is 28.0 Å². The number of nitrogens with one attached hydrogen (secondary N) is 3. The Balaban J connectivity index is 1.46. The van der Waals surface area contributed by atoms with Gasteiger partial charge in [0.1, 0.15) is 5.70 Å². The molecule has 3 N–H and O–H groups in total. The zero-order chi connectivity index (χ0) is 26.7. The van der Waals surface area contributed by atoms with E-state index in [1.54, 1.807) is 60.9 Å². The van der Waals surface area contributed by atoms with Crippen LogP contribution in [0, 0.1) is 0 Å². The number of nitrogens with zero attached hydrogens (tertiary/aromatic N) is 1. The molecule has 3 amide bonds. The van der Waals surface area contributed by atoms with E-state index in [0.29, 0.717) is 23.4 Å². The molecule has 2 aromatic heterocycles. The van der Waals surface area contributed by atoms with E-state index in [1.807, 2.05) is 48.7 Å². The Kier molecular flexibility index (Phi) is 9.44. The predicted molar refractivity (Wildman–Crippen MR) is 154 cm³/mol. The third-order valence-electron chi connectivity index (χ3n) is 5.34. The maximum atomic E-state index is 13.2. The SMILES string of the molecule is CCC(Sc1cccc(NC(=O)/C(=C/c2cccs2)NC(=O)c2ccccc2)c1)C(=O)Nc1ccncc1. The van der Waals surface area contributed by atoms with Gasteiger partial charge in [-0.15, -0.1) is 23.1 Å². The van der Waals surface area contributed by atoms with Crippen molar-refractivity contribution in [3.8, 4) is 0 Å². The van der Waals surface area contributed by atoms with Crippen molar-refractivity contribution in [2.75, 3.05) is 10.6 Å². The highest BCUT2D eigenvalue weighted by Gasteiger charge is 2.19. The number of pyridine rings is 1. The van der Waals surface area contributed by atoms with Crippen molar-refractivity contribution in [2.24, 2.45) is 0 Å². The molecule has 0 spiro atoms. The summed E-state index contributed by atoms with van der Waals surface area (Å²) in [6.45, 7) is 1.95. The first-order valence-corrected chi connectivity index (χ1v) is 13.7. The molecule has 0 radical (unpaired) electrons. The van der Waals surface area contributed by atoms with Crippen LogP contribution in [0.25, 0.3) is 6.08 Å². The van der Waals surface area contributed by atoms with Crippen molar-refractivity contribution < 1.29 is 14.4 Å². The molecule has 4 rings (SSSR count). The van der Waals surface area contributed by atoms with E-state index in [-0.39, 0.29) is 22.8 Å².